The molecule has 1 N–H and O–H groups in total. The first-order chi connectivity index (χ1) is 24.5. The highest BCUT2D eigenvalue weighted by Gasteiger charge is 2.54. The number of carbonyl (C=O) groups is 2. The van der Waals surface area contributed by atoms with Gasteiger partial charge in [0.25, 0.3) is 5.69 Å². The molecule has 3 aromatic carbocycles. The van der Waals surface area contributed by atoms with Gasteiger partial charge in [0.1, 0.15) is 6.10 Å². The third kappa shape index (κ3) is 6.13. The summed E-state index contributed by atoms with van der Waals surface area (Å²) in [6.07, 6.45) is -2.33. The number of nitro groups is 1. The van der Waals surface area contributed by atoms with E-state index in [1.165, 1.54) is 33.5 Å². The number of hydrogen-bond acceptors (Lipinski definition) is 14. The summed E-state index contributed by atoms with van der Waals surface area (Å²) < 4.78 is 69.3. The molecule has 1 amide bonds. The summed E-state index contributed by atoms with van der Waals surface area (Å²) in [6, 6.07) is 12.8. The Bertz CT molecular complexity index is 1960. The summed E-state index contributed by atoms with van der Waals surface area (Å²) in [5.74, 6) is -0.777. The van der Waals surface area contributed by atoms with E-state index >= 15 is 0 Å². The zero-order valence-corrected chi connectivity index (χ0v) is 28.5. The molecule has 4 aliphatic rings. The second-order valence-electron chi connectivity index (χ2n) is 12.2. The largest absolute Gasteiger partial charge is 0.493 e. The summed E-state index contributed by atoms with van der Waals surface area (Å²) in [6.45, 7) is 0.514. The minimum atomic E-state index is -4.34. The van der Waals surface area contributed by atoms with E-state index in [4.69, 9.17) is 33.2 Å². The number of piperazine rings is 1. The van der Waals surface area contributed by atoms with Crippen molar-refractivity contribution in [3.05, 3.63) is 75.3 Å². The van der Waals surface area contributed by atoms with Crippen molar-refractivity contribution in [1.82, 2.24) is 9.03 Å². The third-order valence-corrected chi connectivity index (χ3v) is 11.1. The van der Waals surface area contributed by atoms with Gasteiger partial charge in [0.05, 0.1) is 38.8 Å². The van der Waals surface area contributed by atoms with E-state index < -0.39 is 51.1 Å². The van der Waals surface area contributed by atoms with Gasteiger partial charge >= 0.3 is 22.3 Å². The lowest BCUT2D eigenvalue weighted by Gasteiger charge is -2.39. The third-order valence-electron chi connectivity index (χ3n) is 9.62. The average Bonchev–Trinajstić information content (AvgIpc) is 3.76. The molecule has 0 aromatic heterocycles. The minimum absolute atomic E-state index is 0.0380. The summed E-state index contributed by atoms with van der Waals surface area (Å²) in [7, 11) is 0.104. The van der Waals surface area contributed by atoms with E-state index in [1.807, 2.05) is 9.62 Å². The Morgan fingerprint density at radius 3 is 2.12 bits per heavy atom. The molecule has 270 valence electrons. The molecule has 18 heteroatoms. The molecule has 0 spiro atoms. The lowest BCUT2D eigenvalue weighted by molar-refractivity contribution is -0.384. The zero-order chi connectivity index (χ0) is 36.0. The number of nitrogens with one attached hydrogen (secondary N) is 1. The van der Waals surface area contributed by atoms with Crippen LogP contribution in [0.15, 0.2) is 48.5 Å². The molecular weight excluding hydrogens is 692 g/mol. The Morgan fingerprint density at radius 2 is 1.53 bits per heavy atom. The predicted molar refractivity (Wildman–Crippen MR) is 177 cm³/mol. The number of cyclic esters (lactones) is 1. The summed E-state index contributed by atoms with van der Waals surface area (Å²) in [4.78, 5) is 39.3. The van der Waals surface area contributed by atoms with E-state index in [2.05, 4.69) is 0 Å². The zero-order valence-electron chi connectivity index (χ0n) is 27.7. The van der Waals surface area contributed by atoms with Crippen LogP contribution in [0.5, 0.6) is 28.7 Å². The van der Waals surface area contributed by atoms with Crippen LogP contribution in [0.4, 0.5) is 16.2 Å². The smallest absolute Gasteiger partial charge is 0.422 e. The van der Waals surface area contributed by atoms with Crippen molar-refractivity contribution < 1.29 is 56.1 Å². The molecule has 2 saturated heterocycles. The number of hydrogen-bond donors (Lipinski definition) is 1. The molecule has 0 unspecified atom stereocenters. The van der Waals surface area contributed by atoms with Crippen LogP contribution >= 0.6 is 0 Å². The molecule has 3 aliphatic heterocycles. The maximum Gasteiger partial charge on any atom is 0.422 e. The highest BCUT2D eigenvalue weighted by atomic mass is 32.2. The number of benzene rings is 3. The predicted octanol–water partition coefficient (Wildman–Crippen LogP) is 3.12. The first-order valence-electron chi connectivity index (χ1n) is 15.9. The average molecular weight is 727 g/mol. The van der Waals surface area contributed by atoms with Crippen LogP contribution in [0, 0.1) is 22.0 Å². The van der Waals surface area contributed by atoms with E-state index in [9.17, 15) is 28.1 Å². The van der Waals surface area contributed by atoms with Gasteiger partial charge in [-0.15, -0.1) is 0 Å². The topological polar surface area (TPSA) is 195 Å². The van der Waals surface area contributed by atoms with Crippen LogP contribution in [-0.4, -0.2) is 90.6 Å². The van der Waals surface area contributed by atoms with Gasteiger partial charge < -0.3 is 38.1 Å². The van der Waals surface area contributed by atoms with Crippen LogP contribution in [-0.2, 0) is 24.5 Å². The van der Waals surface area contributed by atoms with Crippen molar-refractivity contribution in [3.63, 3.8) is 0 Å². The van der Waals surface area contributed by atoms with Crippen LogP contribution < -0.4 is 33.3 Å². The maximum atomic E-state index is 13.5. The Balaban J connectivity index is 1.15. The van der Waals surface area contributed by atoms with Crippen molar-refractivity contribution in [2.45, 2.75) is 12.0 Å². The second kappa shape index (κ2) is 13.3. The van der Waals surface area contributed by atoms with Gasteiger partial charge in [-0.25, -0.2) is 9.52 Å². The first kappa shape index (κ1) is 34.0. The van der Waals surface area contributed by atoms with Gasteiger partial charge in [0.2, 0.25) is 12.5 Å². The summed E-state index contributed by atoms with van der Waals surface area (Å²) >= 11 is 0. The molecule has 0 bridgehead atoms. The SMILES string of the molecule is COc1cc([C@@H]2c3cc4c(cc3[C@H](OC(=O)NS(=O)(=O)N3CCN(c5ccc([N+](=O)[O-])cc5)CC3)[C@H]3COC(=O)[C@H]23)OCO4)cc(OC)c1OC. The summed E-state index contributed by atoms with van der Waals surface area (Å²) in [5, 5.41) is 11.0. The number of ether oxygens (including phenoxy) is 7. The molecule has 17 nitrogen and oxygen atoms in total. The quantitative estimate of drug-likeness (QED) is 0.192. The van der Waals surface area contributed by atoms with Gasteiger partial charge in [0.15, 0.2) is 23.0 Å². The fourth-order valence-corrected chi connectivity index (χ4v) is 8.26. The lowest BCUT2D eigenvalue weighted by atomic mass is 9.66. The fraction of sp³-hybridized carbons (Fsp3) is 0.394. The number of esters is 1. The molecule has 7 rings (SSSR count). The Hall–Kier alpha value is -5.49. The van der Waals surface area contributed by atoms with Gasteiger partial charge in [0, 0.05) is 61.4 Å². The maximum absolute atomic E-state index is 13.5. The van der Waals surface area contributed by atoms with Crippen LogP contribution in [0.25, 0.3) is 0 Å². The number of anilines is 1. The molecule has 0 radical (unpaired) electrons. The Morgan fingerprint density at radius 1 is 0.902 bits per heavy atom. The van der Waals surface area contributed by atoms with Gasteiger partial charge in [-0.05, 0) is 47.5 Å². The molecule has 0 saturated carbocycles. The number of nitro benzene ring substituents is 1. The molecule has 4 atom stereocenters. The highest BCUT2D eigenvalue weighted by molar-refractivity contribution is 7.87. The van der Waals surface area contributed by atoms with Gasteiger partial charge in [-0.1, -0.05) is 0 Å². The summed E-state index contributed by atoms with van der Waals surface area (Å²) in [5.41, 5.74) is 2.36. The number of rotatable bonds is 9. The number of amides is 1. The number of non-ortho nitro benzene ring substituents is 1. The molecule has 1 aliphatic carbocycles. The Kier molecular flexibility index (Phi) is 8.88. The van der Waals surface area contributed by atoms with Gasteiger partial charge in [-0.3, -0.25) is 14.9 Å². The lowest BCUT2D eigenvalue weighted by Crippen LogP contribution is -2.53. The standard InChI is InChI=1S/C33H34N4O13S/c1-44-26-12-18(13-27(45-2)31(26)46-3)28-21-14-24-25(49-17-48-24)15-22(21)30(23-16-47-32(38)29(23)28)50-33(39)34-51(42,43)36-10-8-35(9-11-36)19-4-6-20(7-5-19)37(40)41/h4-7,12-15,23,28-30H,8-11,16-17H2,1-3H3,(H,34,39)/t23-,28+,29-,30-/m0/s1. The van der Waals surface area contributed by atoms with Crippen LogP contribution in [0.1, 0.15) is 28.7 Å². The van der Waals surface area contributed by atoms with E-state index in [1.54, 1.807) is 36.4 Å². The van der Waals surface area contributed by atoms with E-state index in [0.29, 0.717) is 51.1 Å². The van der Waals surface area contributed by atoms with Gasteiger partial charge in [-0.2, -0.15) is 12.7 Å². The highest BCUT2D eigenvalue weighted by Crippen LogP contribution is 2.56. The molecule has 51 heavy (non-hydrogen) atoms. The van der Waals surface area contributed by atoms with Crippen molar-refractivity contribution in [3.8, 4) is 28.7 Å². The molecule has 3 aromatic rings. The van der Waals surface area contributed by atoms with Crippen molar-refractivity contribution >= 4 is 33.6 Å². The monoisotopic (exact) mass is 726 g/mol. The minimum Gasteiger partial charge on any atom is -0.493 e. The molecular formula is C33H34N4O13S. The molecule has 3 heterocycles. The van der Waals surface area contributed by atoms with Crippen molar-refractivity contribution in [2.24, 2.45) is 11.8 Å². The second-order valence-corrected chi connectivity index (χ2v) is 13.9. The number of methoxy groups -OCH3 is 3. The van der Waals surface area contributed by atoms with E-state index in [0.717, 1.165) is 4.31 Å². The number of nitrogens with zero attached hydrogens (tertiary/aromatic N) is 3. The number of fused-ring (bicyclic) bond motifs is 3. The van der Waals surface area contributed by atoms with E-state index in [-0.39, 0.29) is 45.3 Å². The number of carbonyl (C=O) groups excluding carboxylic acids is 2. The normalized spacial score (nSPS) is 22.3. The van der Waals surface area contributed by atoms with Crippen molar-refractivity contribution in [1.29, 1.82) is 0 Å². The first-order valence-corrected chi connectivity index (χ1v) is 17.3. The fourth-order valence-electron chi connectivity index (χ4n) is 7.23. The van der Waals surface area contributed by atoms with Crippen LogP contribution in [0.2, 0.25) is 0 Å². The van der Waals surface area contributed by atoms with Crippen molar-refractivity contribution in [2.75, 3.05) is 65.8 Å². The Labute approximate surface area is 292 Å². The molecule has 2 fully saturated rings. The van der Waals surface area contributed by atoms with Crippen LogP contribution in [0.3, 0.4) is 0 Å².